The summed E-state index contributed by atoms with van der Waals surface area (Å²) in [6.45, 7) is 3.58. The van der Waals surface area contributed by atoms with Crippen LogP contribution in [-0.4, -0.2) is 24.0 Å². The highest BCUT2D eigenvalue weighted by molar-refractivity contribution is 5.90. The van der Waals surface area contributed by atoms with Crippen molar-refractivity contribution in [2.75, 3.05) is 7.11 Å². The molecule has 0 amide bonds. The summed E-state index contributed by atoms with van der Waals surface area (Å²) in [5, 5.41) is 10.9. The summed E-state index contributed by atoms with van der Waals surface area (Å²) in [5.74, 6) is -1.48. The van der Waals surface area contributed by atoms with Crippen LogP contribution >= 0.6 is 0 Å². The molecule has 0 spiro atoms. The van der Waals surface area contributed by atoms with Crippen LogP contribution in [0.5, 0.6) is 5.75 Å². The molecule has 0 bridgehead atoms. The molecule has 0 saturated carbocycles. The van der Waals surface area contributed by atoms with E-state index >= 15 is 0 Å². The molecule has 0 aliphatic rings. The number of methoxy groups -OCH3 is 1. The number of benzene rings is 1. The first kappa shape index (κ1) is 15.6. The average molecular weight is 280 g/mol. The number of carbonyl (C=O) groups excluding carboxylic acids is 2. The molecule has 0 saturated heterocycles. The van der Waals surface area contributed by atoms with Crippen LogP contribution in [0.15, 0.2) is 18.2 Å². The zero-order chi connectivity index (χ0) is 15.1. The van der Waals surface area contributed by atoms with Gasteiger partial charge in [-0.2, -0.15) is 0 Å². The van der Waals surface area contributed by atoms with Gasteiger partial charge in [0.25, 0.3) is 0 Å². The van der Waals surface area contributed by atoms with Crippen molar-refractivity contribution >= 4 is 17.6 Å². The molecule has 0 aliphatic heterocycles. The van der Waals surface area contributed by atoms with Crippen molar-refractivity contribution in [3.8, 4) is 5.75 Å². The van der Waals surface area contributed by atoms with Gasteiger partial charge in [-0.1, -0.05) is 13.3 Å². The van der Waals surface area contributed by atoms with Crippen molar-refractivity contribution in [1.29, 1.82) is 0 Å². The standard InChI is InChI=1S/C13H14NO6/c1-3-4-5-12(15)20-11-7-6-9(13(16)19-2)8-10(11)14(17)18/h6-8H,1,3-5H2,2H3. The van der Waals surface area contributed by atoms with E-state index in [9.17, 15) is 19.7 Å². The number of carbonyl (C=O) groups is 2. The van der Waals surface area contributed by atoms with Gasteiger partial charge in [0.1, 0.15) is 0 Å². The Morgan fingerprint density at radius 3 is 2.65 bits per heavy atom. The van der Waals surface area contributed by atoms with Crippen molar-refractivity contribution < 1.29 is 24.0 Å². The van der Waals surface area contributed by atoms with Crippen molar-refractivity contribution in [2.24, 2.45) is 0 Å². The summed E-state index contributed by atoms with van der Waals surface area (Å²) >= 11 is 0. The highest BCUT2D eigenvalue weighted by Gasteiger charge is 2.21. The van der Waals surface area contributed by atoms with E-state index in [0.717, 1.165) is 6.07 Å². The van der Waals surface area contributed by atoms with Crippen LogP contribution in [0.4, 0.5) is 5.69 Å². The molecular weight excluding hydrogens is 266 g/mol. The zero-order valence-corrected chi connectivity index (χ0v) is 11.0. The second kappa shape index (κ2) is 7.22. The summed E-state index contributed by atoms with van der Waals surface area (Å²) in [5.41, 5.74) is -0.451. The van der Waals surface area contributed by atoms with Crippen molar-refractivity contribution in [1.82, 2.24) is 0 Å². The van der Waals surface area contributed by atoms with Gasteiger partial charge in [0, 0.05) is 12.5 Å². The lowest BCUT2D eigenvalue weighted by Crippen LogP contribution is -2.10. The second-order valence-corrected chi connectivity index (χ2v) is 3.86. The van der Waals surface area contributed by atoms with Crippen molar-refractivity contribution in [3.63, 3.8) is 0 Å². The fourth-order valence-electron chi connectivity index (χ4n) is 1.43. The third kappa shape index (κ3) is 4.04. The number of rotatable bonds is 6. The summed E-state index contributed by atoms with van der Waals surface area (Å²) in [7, 11) is 1.17. The van der Waals surface area contributed by atoms with E-state index in [4.69, 9.17) is 4.74 Å². The van der Waals surface area contributed by atoms with Crippen LogP contribution in [-0.2, 0) is 9.53 Å². The van der Waals surface area contributed by atoms with Crippen LogP contribution in [0.1, 0.15) is 29.6 Å². The van der Waals surface area contributed by atoms with Gasteiger partial charge >= 0.3 is 17.6 Å². The lowest BCUT2D eigenvalue weighted by molar-refractivity contribution is -0.385. The SMILES string of the molecule is [CH2]CCCC(=O)Oc1ccc(C(=O)OC)cc1[N+](=O)[O-]. The molecule has 0 unspecified atom stereocenters. The van der Waals surface area contributed by atoms with Crippen molar-refractivity contribution in [2.45, 2.75) is 19.3 Å². The minimum atomic E-state index is -0.726. The predicted molar refractivity (Wildman–Crippen MR) is 69.3 cm³/mol. The smallest absolute Gasteiger partial charge is 0.338 e. The molecule has 7 nitrogen and oxygen atoms in total. The first-order valence-electron chi connectivity index (χ1n) is 5.86. The van der Waals surface area contributed by atoms with Gasteiger partial charge in [-0.25, -0.2) is 4.79 Å². The van der Waals surface area contributed by atoms with Gasteiger partial charge in [0.15, 0.2) is 0 Å². The molecule has 107 valence electrons. The van der Waals surface area contributed by atoms with E-state index in [-0.39, 0.29) is 17.7 Å². The van der Waals surface area contributed by atoms with Crippen LogP contribution in [0.25, 0.3) is 0 Å². The van der Waals surface area contributed by atoms with Crippen LogP contribution in [0.2, 0.25) is 0 Å². The van der Waals surface area contributed by atoms with Gasteiger partial charge < -0.3 is 9.47 Å². The van der Waals surface area contributed by atoms with Gasteiger partial charge in [-0.15, -0.1) is 0 Å². The van der Waals surface area contributed by atoms with E-state index < -0.39 is 22.5 Å². The fourth-order valence-corrected chi connectivity index (χ4v) is 1.43. The average Bonchev–Trinajstić information content (AvgIpc) is 2.44. The molecular formula is C13H14NO6. The van der Waals surface area contributed by atoms with Crippen molar-refractivity contribution in [3.05, 3.63) is 40.8 Å². The first-order valence-corrected chi connectivity index (χ1v) is 5.86. The number of nitro groups is 1. The van der Waals surface area contributed by atoms with Gasteiger partial charge in [-0.3, -0.25) is 14.9 Å². The molecule has 1 aromatic rings. The molecule has 1 radical (unpaired) electrons. The lowest BCUT2D eigenvalue weighted by Gasteiger charge is -2.06. The number of ether oxygens (including phenoxy) is 2. The van der Waals surface area contributed by atoms with E-state index in [1.54, 1.807) is 0 Å². The third-order valence-electron chi connectivity index (χ3n) is 2.43. The van der Waals surface area contributed by atoms with Crippen LogP contribution in [0, 0.1) is 17.0 Å². The molecule has 0 fully saturated rings. The second-order valence-electron chi connectivity index (χ2n) is 3.86. The van der Waals surface area contributed by atoms with Gasteiger partial charge in [0.05, 0.1) is 17.6 Å². The Morgan fingerprint density at radius 2 is 2.10 bits per heavy atom. The third-order valence-corrected chi connectivity index (χ3v) is 2.43. The maximum absolute atomic E-state index is 11.5. The summed E-state index contributed by atoms with van der Waals surface area (Å²) < 4.78 is 9.39. The molecule has 20 heavy (non-hydrogen) atoms. The normalized spacial score (nSPS) is 9.90. The monoisotopic (exact) mass is 280 g/mol. The van der Waals surface area contributed by atoms with E-state index in [1.165, 1.54) is 19.2 Å². The maximum Gasteiger partial charge on any atom is 0.338 e. The summed E-state index contributed by atoms with van der Waals surface area (Å²) in [4.78, 5) is 33.0. The van der Waals surface area contributed by atoms with Gasteiger partial charge in [0.2, 0.25) is 5.75 Å². The van der Waals surface area contributed by atoms with E-state index in [0.29, 0.717) is 12.8 Å². The van der Waals surface area contributed by atoms with Gasteiger partial charge in [-0.05, 0) is 18.6 Å². The summed E-state index contributed by atoms with van der Waals surface area (Å²) in [6, 6.07) is 3.51. The summed E-state index contributed by atoms with van der Waals surface area (Å²) in [6.07, 6.45) is 1.23. The molecule has 0 N–H and O–H groups in total. The minimum Gasteiger partial charge on any atom is -0.465 e. The Morgan fingerprint density at radius 1 is 1.40 bits per heavy atom. The topological polar surface area (TPSA) is 95.7 Å². The number of esters is 2. The Kier molecular flexibility index (Phi) is 5.64. The molecule has 0 atom stereocenters. The number of unbranched alkanes of at least 4 members (excludes halogenated alkanes) is 1. The molecule has 0 aromatic heterocycles. The molecule has 0 aliphatic carbocycles. The molecule has 1 aromatic carbocycles. The van der Waals surface area contributed by atoms with E-state index in [1.807, 2.05) is 0 Å². The Bertz CT molecular complexity index is 526. The Labute approximate surface area is 115 Å². The number of nitro benzene ring substituents is 1. The fraction of sp³-hybridized carbons (Fsp3) is 0.308. The zero-order valence-electron chi connectivity index (χ0n) is 11.0. The quantitative estimate of drug-likeness (QED) is 0.343. The van der Waals surface area contributed by atoms with E-state index in [2.05, 4.69) is 11.7 Å². The highest BCUT2D eigenvalue weighted by atomic mass is 16.6. The lowest BCUT2D eigenvalue weighted by atomic mass is 10.2. The molecule has 7 heteroatoms. The molecule has 0 heterocycles. The number of hydrogen-bond donors (Lipinski definition) is 0. The minimum absolute atomic E-state index is 0.0109. The van der Waals surface area contributed by atoms with Crippen LogP contribution < -0.4 is 4.74 Å². The predicted octanol–water partition coefficient (Wildman–Crippen LogP) is 2.29. The molecule has 1 rings (SSSR count). The highest BCUT2D eigenvalue weighted by Crippen LogP contribution is 2.28. The Balaban J connectivity index is 2.99. The largest absolute Gasteiger partial charge is 0.465 e. The Hall–Kier alpha value is -2.44. The first-order chi connectivity index (χ1) is 9.49. The van der Waals surface area contributed by atoms with Crippen LogP contribution in [0.3, 0.4) is 0 Å². The maximum atomic E-state index is 11.5. The number of hydrogen-bond acceptors (Lipinski definition) is 6. The number of nitrogens with zero attached hydrogens (tertiary/aromatic N) is 1.